The summed E-state index contributed by atoms with van der Waals surface area (Å²) in [6.07, 6.45) is 0. The first-order valence-electron chi connectivity index (χ1n) is 4.91. The van der Waals surface area contributed by atoms with Crippen LogP contribution in [0.3, 0.4) is 0 Å². The zero-order valence-electron chi connectivity index (χ0n) is 9.70. The molecule has 0 fully saturated rings. The van der Waals surface area contributed by atoms with Crippen molar-refractivity contribution in [2.75, 3.05) is 32.1 Å². The number of nitrogens with zero attached hydrogens (tertiary/aromatic N) is 4. The second kappa shape index (κ2) is 4.80. The number of aromatic nitrogens is 2. The van der Waals surface area contributed by atoms with E-state index in [1.807, 2.05) is 33.0 Å². The van der Waals surface area contributed by atoms with E-state index in [4.69, 9.17) is 5.26 Å². The number of nitrogens with one attached hydrogen (secondary N) is 1. The van der Waals surface area contributed by atoms with Crippen LogP contribution in [0.15, 0.2) is 0 Å². The van der Waals surface area contributed by atoms with Crippen molar-refractivity contribution in [1.29, 1.82) is 5.26 Å². The van der Waals surface area contributed by atoms with Gasteiger partial charge in [-0.3, -0.25) is 4.68 Å². The quantitative estimate of drug-likeness (QED) is 0.769. The molecule has 1 heterocycles. The summed E-state index contributed by atoms with van der Waals surface area (Å²) in [7, 11) is 5.74. The lowest BCUT2D eigenvalue weighted by atomic mass is 10.2. The van der Waals surface area contributed by atoms with Gasteiger partial charge in [0.1, 0.15) is 17.5 Å². The smallest absolute Gasteiger partial charge is 0.144 e. The van der Waals surface area contributed by atoms with Crippen molar-refractivity contribution in [3.63, 3.8) is 0 Å². The van der Waals surface area contributed by atoms with Gasteiger partial charge in [-0.05, 0) is 14.0 Å². The molecule has 82 valence electrons. The van der Waals surface area contributed by atoms with Crippen LogP contribution in [0.1, 0.15) is 11.3 Å². The fraction of sp³-hybridized carbons (Fsp3) is 0.600. The summed E-state index contributed by atoms with van der Waals surface area (Å²) in [6, 6.07) is 2.20. The molecule has 1 N–H and O–H groups in total. The maximum Gasteiger partial charge on any atom is 0.144 e. The molecule has 5 nitrogen and oxygen atoms in total. The number of hydrogen-bond acceptors (Lipinski definition) is 4. The summed E-state index contributed by atoms with van der Waals surface area (Å²) in [5.74, 6) is 0.880. The fourth-order valence-electron chi connectivity index (χ4n) is 1.60. The highest BCUT2D eigenvalue weighted by Gasteiger charge is 2.15. The Hall–Kier alpha value is -1.54. The third kappa shape index (κ3) is 2.28. The van der Waals surface area contributed by atoms with Gasteiger partial charge in [-0.2, -0.15) is 10.4 Å². The maximum atomic E-state index is 9.04. The highest BCUT2D eigenvalue weighted by molar-refractivity contribution is 5.56. The Morgan fingerprint density at radius 3 is 2.80 bits per heavy atom. The van der Waals surface area contributed by atoms with Gasteiger partial charge in [0.2, 0.25) is 0 Å². The molecule has 15 heavy (non-hydrogen) atoms. The monoisotopic (exact) mass is 207 g/mol. The van der Waals surface area contributed by atoms with E-state index in [1.165, 1.54) is 0 Å². The zero-order valence-corrected chi connectivity index (χ0v) is 9.70. The van der Waals surface area contributed by atoms with Crippen LogP contribution in [0, 0.1) is 18.3 Å². The summed E-state index contributed by atoms with van der Waals surface area (Å²) >= 11 is 0. The summed E-state index contributed by atoms with van der Waals surface area (Å²) < 4.78 is 1.75. The average molecular weight is 207 g/mol. The van der Waals surface area contributed by atoms with Gasteiger partial charge >= 0.3 is 0 Å². The topological polar surface area (TPSA) is 56.9 Å². The minimum absolute atomic E-state index is 0.663. The summed E-state index contributed by atoms with van der Waals surface area (Å²) in [4.78, 5) is 2.04. The van der Waals surface area contributed by atoms with Crippen LogP contribution in [-0.2, 0) is 7.05 Å². The number of rotatable bonds is 4. The molecule has 5 heteroatoms. The summed E-state index contributed by atoms with van der Waals surface area (Å²) in [5.41, 5.74) is 1.45. The second-order valence-electron chi connectivity index (χ2n) is 3.54. The Bertz CT molecular complexity index is 374. The van der Waals surface area contributed by atoms with Crippen molar-refractivity contribution in [2.45, 2.75) is 6.92 Å². The predicted octanol–water partition coefficient (Wildman–Crippen LogP) is 0.256. The summed E-state index contributed by atoms with van der Waals surface area (Å²) in [5, 5.41) is 16.4. The molecule has 0 amide bonds. The van der Waals surface area contributed by atoms with E-state index in [9.17, 15) is 0 Å². The number of hydrogen-bond donors (Lipinski definition) is 1. The molecule has 0 saturated carbocycles. The molecule has 0 bridgehead atoms. The van der Waals surface area contributed by atoms with Gasteiger partial charge in [-0.25, -0.2) is 0 Å². The van der Waals surface area contributed by atoms with Crippen LogP contribution in [0.4, 0.5) is 5.82 Å². The van der Waals surface area contributed by atoms with Crippen molar-refractivity contribution in [1.82, 2.24) is 15.1 Å². The first kappa shape index (κ1) is 11.5. The Balaban J connectivity index is 2.97. The molecule has 0 radical (unpaired) electrons. The van der Waals surface area contributed by atoms with Crippen molar-refractivity contribution >= 4 is 5.82 Å². The van der Waals surface area contributed by atoms with E-state index in [2.05, 4.69) is 16.5 Å². The normalized spacial score (nSPS) is 10.1. The van der Waals surface area contributed by atoms with Crippen LogP contribution >= 0.6 is 0 Å². The van der Waals surface area contributed by atoms with Crippen LogP contribution in [0.2, 0.25) is 0 Å². The lowest BCUT2D eigenvalue weighted by Gasteiger charge is -2.19. The van der Waals surface area contributed by atoms with Gasteiger partial charge in [-0.15, -0.1) is 0 Å². The fourth-order valence-corrected chi connectivity index (χ4v) is 1.60. The van der Waals surface area contributed by atoms with E-state index in [-0.39, 0.29) is 0 Å². The molecule has 0 aromatic carbocycles. The zero-order chi connectivity index (χ0) is 11.4. The molecular formula is C10H17N5. The van der Waals surface area contributed by atoms with Gasteiger partial charge < -0.3 is 10.2 Å². The SMILES string of the molecule is CNCCN(C)c1c(C#N)c(C)nn1C. The number of nitriles is 1. The predicted molar refractivity (Wildman–Crippen MR) is 59.9 cm³/mol. The molecule has 0 unspecified atom stereocenters. The second-order valence-corrected chi connectivity index (χ2v) is 3.54. The molecule has 1 aromatic rings. The summed E-state index contributed by atoms with van der Waals surface area (Å²) in [6.45, 7) is 3.59. The van der Waals surface area contributed by atoms with E-state index in [1.54, 1.807) is 4.68 Å². The molecule has 0 aliphatic carbocycles. The van der Waals surface area contributed by atoms with E-state index in [0.717, 1.165) is 24.6 Å². The minimum atomic E-state index is 0.663. The van der Waals surface area contributed by atoms with Crippen molar-refractivity contribution in [2.24, 2.45) is 7.05 Å². The Kier molecular flexibility index (Phi) is 3.69. The van der Waals surface area contributed by atoms with Crippen molar-refractivity contribution in [3.05, 3.63) is 11.3 Å². The van der Waals surface area contributed by atoms with Crippen LogP contribution < -0.4 is 10.2 Å². The lowest BCUT2D eigenvalue weighted by molar-refractivity contribution is 0.705. The number of anilines is 1. The lowest BCUT2D eigenvalue weighted by Crippen LogP contribution is -2.29. The molecule has 1 aromatic heterocycles. The van der Waals surface area contributed by atoms with Crippen LogP contribution in [-0.4, -0.2) is 37.0 Å². The molecule has 0 aliphatic heterocycles. The largest absolute Gasteiger partial charge is 0.358 e. The van der Waals surface area contributed by atoms with Crippen LogP contribution in [0.25, 0.3) is 0 Å². The highest BCUT2D eigenvalue weighted by atomic mass is 15.4. The Morgan fingerprint density at radius 2 is 2.27 bits per heavy atom. The first-order valence-corrected chi connectivity index (χ1v) is 4.91. The van der Waals surface area contributed by atoms with Crippen molar-refractivity contribution < 1.29 is 0 Å². The van der Waals surface area contributed by atoms with Crippen molar-refractivity contribution in [3.8, 4) is 6.07 Å². The Morgan fingerprint density at radius 1 is 1.60 bits per heavy atom. The highest BCUT2D eigenvalue weighted by Crippen LogP contribution is 2.20. The molecule has 0 saturated heterocycles. The van der Waals surface area contributed by atoms with Crippen LogP contribution in [0.5, 0.6) is 0 Å². The molecule has 0 atom stereocenters. The van der Waals surface area contributed by atoms with Gasteiger partial charge in [-0.1, -0.05) is 0 Å². The molecule has 0 aliphatic rings. The standard InChI is InChI=1S/C10H17N5/c1-8-9(7-11)10(15(4)13-8)14(3)6-5-12-2/h12H,5-6H2,1-4H3. The van der Waals surface area contributed by atoms with Gasteiger partial charge in [0.15, 0.2) is 0 Å². The van der Waals surface area contributed by atoms with E-state index >= 15 is 0 Å². The maximum absolute atomic E-state index is 9.04. The molecule has 0 spiro atoms. The molecular weight excluding hydrogens is 190 g/mol. The third-order valence-corrected chi connectivity index (χ3v) is 2.36. The average Bonchev–Trinajstić information content (AvgIpc) is 2.49. The number of likely N-dealkylation sites (N-methyl/N-ethyl adjacent to an activating group) is 2. The minimum Gasteiger partial charge on any atom is -0.358 e. The molecule has 1 rings (SSSR count). The first-order chi connectivity index (χ1) is 7.11. The Labute approximate surface area is 90.3 Å². The van der Waals surface area contributed by atoms with Gasteiger partial charge in [0.25, 0.3) is 0 Å². The van der Waals surface area contributed by atoms with Gasteiger partial charge in [0, 0.05) is 27.2 Å². The van der Waals surface area contributed by atoms with E-state index in [0.29, 0.717) is 5.56 Å². The van der Waals surface area contributed by atoms with Gasteiger partial charge in [0.05, 0.1) is 5.69 Å². The third-order valence-electron chi connectivity index (χ3n) is 2.36. The van der Waals surface area contributed by atoms with E-state index < -0.39 is 0 Å². The number of aryl methyl sites for hydroxylation is 2.